The molecule has 1 aromatic carbocycles. The van der Waals surface area contributed by atoms with E-state index in [2.05, 4.69) is 10.6 Å². The lowest BCUT2D eigenvalue weighted by Gasteiger charge is -2.17. The number of thioether (sulfide) groups is 1. The molecule has 0 bridgehead atoms. The number of rotatable bonds is 11. The van der Waals surface area contributed by atoms with Crippen LogP contribution < -0.4 is 20.1 Å². The molecule has 4 amide bonds. The van der Waals surface area contributed by atoms with Crippen molar-refractivity contribution >= 4 is 29.6 Å². The zero-order valence-electron chi connectivity index (χ0n) is 16.8. The smallest absolute Gasteiger partial charge is 0.325 e. The van der Waals surface area contributed by atoms with E-state index in [9.17, 15) is 19.5 Å². The van der Waals surface area contributed by atoms with Gasteiger partial charge in [-0.1, -0.05) is 6.07 Å². The molecule has 0 aliphatic carbocycles. The third kappa shape index (κ3) is 6.01. The maximum atomic E-state index is 12.6. The molecular weight excluding hydrogens is 398 g/mol. The minimum Gasteiger partial charge on any atom is -0.493 e. The van der Waals surface area contributed by atoms with Crippen molar-refractivity contribution < 1.29 is 29.0 Å². The van der Waals surface area contributed by atoms with Gasteiger partial charge in [0.25, 0.3) is 5.91 Å². The van der Waals surface area contributed by atoms with Gasteiger partial charge in [0.15, 0.2) is 11.5 Å². The van der Waals surface area contributed by atoms with Crippen LogP contribution in [-0.4, -0.2) is 72.8 Å². The number of methoxy groups -OCH3 is 2. The topological polar surface area (TPSA) is 117 Å². The molecule has 1 unspecified atom stereocenters. The number of carbonyl (C=O) groups is 3. The fourth-order valence-corrected chi connectivity index (χ4v) is 3.49. The summed E-state index contributed by atoms with van der Waals surface area (Å²) >= 11 is 1.62. The molecular formula is C19H27N3O6S. The molecule has 0 spiro atoms. The van der Waals surface area contributed by atoms with Crippen molar-refractivity contribution in [1.29, 1.82) is 0 Å². The second kappa shape index (κ2) is 10.9. The summed E-state index contributed by atoms with van der Waals surface area (Å²) in [7, 11) is 3.02. The Morgan fingerprint density at radius 3 is 2.66 bits per heavy atom. The van der Waals surface area contributed by atoms with Crippen LogP contribution in [-0.2, 0) is 16.1 Å². The lowest BCUT2D eigenvalue weighted by Crippen LogP contribution is -2.42. The van der Waals surface area contributed by atoms with Gasteiger partial charge in [-0.3, -0.25) is 14.5 Å². The Morgan fingerprint density at radius 2 is 2.03 bits per heavy atom. The predicted octanol–water partition coefficient (Wildman–Crippen LogP) is 0.745. The minimum absolute atomic E-state index is 0.0517. The summed E-state index contributed by atoms with van der Waals surface area (Å²) in [5, 5.41) is 14.6. The Balaban J connectivity index is 1.98. The number of aliphatic hydroxyl groups excluding tert-OH is 1. The number of carbonyl (C=O) groups excluding carboxylic acids is 3. The Hall–Kier alpha value is -2.46. The Labute approximate surface area is 174 Å². The highest BCUT2D eigenvalue weighted by Gasteiger charge is 2.39. The van der Waals surface area contributed by atoms with E-state index >= 15 is 0 Å². The number of hydrogen-bond donors (Lipinski definition) is 3. The molecule has 9 nitrogen and oxygen atoms in total. The van der Waals surface area contributed by atoms with Crippen molar-refractivity contribution in [1.82, 2.24) is 15.5 Å². The molecule has 0 radical (unpaired) electrons. The molecule has 1 aliphatic rings. The van der Waals surface area contributed by atoms with E-state index in [0.717, 1.165) is 10.7 Å². The van der Waals surface area contributed by atoms with Gasteiger partial charge in [-0.25, -0.2) is 4.79 Å². The van der Waals surface area contributed by atoms with E-state index in [1.807, 2.05) is 6.26 Å². The van der Waals surface area contributed by atoms with Crippen LogP contribution in [0.2, 0.25) is 0 Å². The second-order valence-electron chi connectivity index (χ2n) is 6.55. The fourth-order valence-electron chi connectivity index (χ4n) is 2.97. The maximum Gasteiger partial charge on any atom is 0.325 e. The Bertz CT molecular complexity index is 745. The van der Waals surface area contributed by atoms with E-state index in [-0.39, 0.29) is 25.6 Å². The molecule has 2 atom stereocenters. The van der Waals surface area contributed by atoms with Crippen LogP contribution >= 0.6 is 11.8 Å². The normalized spacial score (nSPS) is 17.1. The van der Waals surface area contributed by atoms with Gasteiger partial charge >= 0.3 is 6.03 Å². The molecule has 3 N–H and O–H groups in total. The lowest BCUT2D eigenvalue weighted by atomic mass is 10.1. The molecule has 2 rings (SSSR count). The average molecular weight is 426 g/mol. The summed E-state index contributed by atoms with van der Waals surface area (Å²) in [4.78, 5) is 38.1. The Kier molecular flexibility index (Phi) is 8.59. The highest BCUT2D eigenvalue weighted by molar-refractivity contribution is 7.98. The van der Waals surface area contributed by atoms with E-state index in [0.29, 0.717) is 23.5 Å². The predicted molar refractivity (Wildman–Crippen MR) is 109 cm³/mol. The summed E-state index contributed by atoms with van der Waals surface area (Å²) in [6.07, 6.45) is 2.39. The number of aliphatic hydroxyl groups is 1. The van der Waals surface area contributed by atoms with E-state index in [1.54, 1.807) is 30.0 Å². The first kappa shape index (κ1) is 22.8. The van der Waals surface area contributed by atoms with Gasteiger partial charge in [0.1, 0.15) is 6.04 Å². The zero-order chi connectivity index (χ0) is 21.4. The molecule has 10 heteroatoms. The largest absolute Gasteiger partial charge is 0.493 e. The van der Waals surface area contributed by atoms with Crippen LogP contribution in [0.4, 0.5) is 4.79 Å². The Morgan fingerprint density at radius 1 is 1.31 bits per heavy atom. The first-order valence-electron chi connectivity index (χ1n) is 9.15. The second-order valence-corrected chi connectivity index (χ2v) is 7.53. The van der Waals surface area contributed by atoms with Crippen LogP contribution in [0.3, 0.4) is 0 Å². The van der Waals surface area contributed by atoms with Crippen molar-refractivity contribution in [3.63, 3.8) is 0 Å². The average Bonchev–Trinajstić information content (AvgIpc) is 2.98. The molecule has 1 saturated heterocycles. The van der Waals surface area contributed by atoms with E-state index < -0.39 is 23.9 Å². The number of urea groups is 1. The van der Waals surface area contributed by atoms with Gasteiger partial charge in [0.2, 0.25) is 5.91 Å². The summed E-state index contributed by atoms with van der Waals surface area (Å²) in [5.74, 6) is 0.974. The monoisotopic (exact) mass is 425 g/mol. The minimum atomic E-state index is -0.928. The highest BCUT2D eigenvalue weighted by atomic mass is 32.2. The van der Waals surface area contributed by atoms with Gasteiger partial charge < -0.3 is 25.2 Å². The highest BCUT2D eigenvalue weighted by Crippen LogP contribution is 2.28. The molecule has 160 valence electrons. The number of nitrogens with zero attached hydrogens (tertiary/aromatic N) is 1. The molecule has 29 heavy (non-hydrogen) atoms. The molecule has 1 heterocycles. The number of benzene rings is 1. The quantitative estimate of drug-likeness (QED) is 0.448. The van der Waals surface area contributed by atoms with Crippen LogP contribution in [0.25, 0.3) is 0 Å². The van der Waals surface area contributed by atoms with Crippen LogP contribution in [0.5, 0.6) is 11.5 Å². The fraction of sp³-hybridized carbons (Fsp3) is 0.526. The SMILES string of the molecule is COc1ccc(CN2C(=O)NC(CC(=O)N[C@H](CO)CCSC)C2=O)cc1OC. The standard InChI is InChI=1S/C19H27N3O6S/c1-27-15-5-4-12(8-16(15)28-2)10-22-18(25)14(21-19(22)26)9-17(24)20-13(11-23)6-7-29-3/h4-5,8,13-14,23H,6-7,9-11H2,1-3H3,(H,20,24)(H,21,26)/t13-,14?/m0/s1. The van der Waals surface area contributed by atoms with Gasteiger partial charge in [-0.05, 0) is 36.1 Å². The van der Waals surface area contributed by atoms with Gasteiger partial charge in [0, 0.05) is 0 Å². The van der Waals surface area contributed by atoms with Crippen molar-refractivity contribution in [2.45, 2.75) is 31.5 Å². The molecule has 0 aromatic heterocycles. The summed E-state index contributed by atoms with van der Waals surface area (Å²) in [6, 6.07) is 3.27. The van der Waals surface area contributed by atoms with E-state index in [1.165, 1.54) is 14.2 Å². The maximum absolute atomic E-state index is 12.6. The lowest BCUT2D eigenvalue weighted by molar-refractivity contribution is -0.131. The van der Waals surface area contributed by atoms with Crippen molar-refractivity contribution in [2.75, 3.05) is 32.8 Å². The third-order valence-electron chi connectivity index (χ3n) is 4.54. The number of nitrogens with one attached hydrogen (secondary N) is 2. The molecule has 1 fully saturated rings. The van der Waals surface area contributed by atoms with Gasteiger partial charge in [-0.2, -0.15) is 11.8 Å². The molecule has 0 saturated carbocycles. The third-order valence-corrected chi connectivity index (χ3v) is 5.19. The van der Waals surface area contributed by atoms with Crippen molar-refractivity contribution in [3.8, 4) is 11.5 Å². The number of ether oxygens (including phenoxy) is 2. The van der Waals surface area contributed by atoms with Gasteiger partial charge in [0.05, 0.1) is 39.8 Å². The molecule has 1 aromatic rings. The van der Waals surface area contributed by atoms with Crippen molar-refractivity contribution in [3.05, 3.63) is 23.8 Å². The van der Waals surface area contributed by atoms with Crippen molar-refractivity contribution in [2.24, 2.45) is 0 Å². The number of amides is 4. The van der Waals surface area contributed by atoms with Gasteiger partial charge in [-0.15, -0.1) is 0 Å². The van der Waals surface area contributed by atoms with E-state index in [4.69, 9.17) is 9.47 Å². The zero-order valence-corrected chi connectivity index (χ0v) is 17.6. The van der Waals surface area contributed by atoms with Crippen LogP contribution in [0, 0.1) is 0 Å². The number of imide groups is 1. The first-order chi connectivity index (χ1) is 13.9. The van der Waals surface area contributed by atoms with Crippen LogP contribution in [0.15, 0.2) is 18.2 Å². The summed E-state index contributed by atoms with van der Waals surface area (Å²) in [6.45, 7) is -0.126. The summed E-state index contributed by atoms with van der Waals surface area (Å²) in [5.41, 5.74) is 0.689. The first-order valence-corrected chi connectivity index (χ1v) is 10.5. The molecule has 1 aliphatic heterocycles. The van der Waals surface area contributed by atoms with Crippen LogP contribution in [0.1, 0.15) is 18.4 Å². The summed E-state index contributed by atoms with van der Waals surface area (Å²) < 4.78 is 10.4. The number of hydrogen-bond acceptors (Lipinski definition) is 7.